The Bertz CT molecular complexity index is 909. The van der Waals surface area contributed by atoms with E-state index in [1.807, 2.05) is 43.0 Å². The van der Waals surface area contributed by atoms with E-state index < -0.39 is 0 Å². The first-order valence-corrected chi connectivity index (χ1v) is 11.3. The van der Waals surface area contributed by atoms with E-state index in [0.717, 1.165) is 67.8 Å². The van der Waals surface area contributed by atoms with E-state index in [1.54, 1.807) is 4.90 Å². The fourth-order valence-corrected chi connectivity index (χ4v) is 3.60. The zero-order valence-corrected chi connectivity index (χ0v) is 19.8. The molecule has 180 valence electrons. The number of hydrogen-bond donors (Lipinski definition) is 2. The zero-order valence-electron chi connectivity index (χ0n) is 19.8. The van der Waals surface area contributed by atoms with Crippen LogP contribution in [-0.2, 0) is 9.59 Å². The highest BCUT2D eigenvalue weighted by atomic mass is 16.3. The molecule has 2 saturated heterocycles. The summed E-state index contributed by atoms with van der Waals surface area (Å²) in [5.74, 6) is 1.28. The lowest BCUT2D eigenvalue weighted by Gasteiger charge is -2.17. The summed E-state index contributed by atoms with van der Waals surface area (Å²) in [6, 6.07) is 7.49. The Morgan fingerprint density at radius 1 is 1.09 bits per heavy atom. The van der Waals surface area contributed by atoms with Crippen molar-refractivity contribution >= 4 is 34.9 Å². The van der Waals surface area contributed by atoms with Crippen molar-refractivity contribution in [2.45, 2.75) is 52.4 Å². The zero-order chi connectivity index (χ0) is 24.6. The molecule has 0 bridgehead atoms. The minimum absolute atomic E-state index is 0.0598. The van der Waals surface area contributed by atoms with Crippen molar-refractivity contribution in [1.82, 2.24) is 9.80 Å². The van der Waals surface area contributed by atoms with Gasteiger partial charge >= 0.3 is 0 Å². The molecule has 4 N–H and O–H groups in total. The first-order chi connectivity index (χ1) is 15.9. The Kier molecular flexibility index (Phi) is 12.8. The highest BCUT2D eigenvalue weighted by Crippen LogP contribution is 2.23. The largest absolute Gasteiger partial charge is 0.461 e. The molecule has 0 atom stereocenters. The predicted molar refractivity (Wildman–Crippen MR) is 134 cm³/mol. The number of likely N-dealkylation sites (tertiary alicyclic amines) is 2. The Labute approximate surface area is 197 Å². The minimum Gasteiger partial charge on any atom is -0.461 e. The molecule has 2 aliphatic heterocycles. The van der Waals surface area contributed by atoms with Crippen LogP contribution in [0.1, 0.15) is 51.2 Å². The second-order valence-electron chi connectivity index (χ2n) is 7.75. The highest BCUT2D eigenvalue weighted by Gasteiger charge is 2.13. The normalized spacial score (nSPS) is 15.1. The van der Waals surface area contributed by atoms with Gasteiger partial charge in [-0.3, -0.25) is 9.59 Å². The fraction of sp³-hybridized carbons (Fsp3) is 0.480. The van der Waals surface area contributed by atoms with Gasteiger partial charge in [0.05, 0.1) is 5.69 Å². The van der Waals surface area contributed by atoms with Crippen molar-refractivity contribution in [3.8, 4) is 12.8 Å². The van der Waals surface area contributed by atoms with Crippen molar-refractivity contribution in [2.24, 2.45) is 16.5 Å². The molecule has 0 aliphatic carbocycles. The number of carbonyl (C=O) groups excluding carboxylic acids is 2. The van der Waals surface area contributed by atoms with Gasteiger partial charge in [-0.1, -0.05) is 6.42 Å². The van der Waals surface area contributed by atoms with Crippen molar-refractivity contribution in [2.75, 3.05) is 26.2 Å². The molecule has 3 heterocycles. The van der Waals surface area contributed by atoms with E-state index in [0.29, 0.717) is 5.91 Å². The number of guanidine groups is 1. The lowest BCUT2D eigenvalue weighted by Crippen LogP contribution is -2.29. The Morgan fingerprint density at radius 3 is 2.33 bits per heavy atom. The molecule has 8 nitrogen and oxygen atoms in total. The average molecular weight is 456 g/mol. The summed E-state index contributed by atoms with van der Waals surface area (Å²) in [7, 11) is 0. The van der Waals surface area contributed by atoms with Gasteiger partial charge in [0.25, 0.3) is 0 Å². The maximum absolute atomic E-state index is 11.2. The number of nitrogens with two attached hydrogens (primary N) is 2. The van der Waals surface area contributed by atoms with Gasteiger partial charge in [0, 0.05) is 38.0 Å². The third-order valence-corrected chi connectivity index (χ3v) is 5.22. The van der Waals surface area contributed by atoms with E-state index in [4.69, 9.17) is 15.9 Å². The van der Waals surface area contributed by atoms with Crippen LogP contribution in [0.5, 0.6) is 0 Å². The first-order valence-electron chi connectivity index (χ1n) is 11.3. The molecule has 2 fully saturated rings. The van der Waals surface area contributed by atoms with Crippen molar-refractivity contribution in [1.29, 1.82) is 0 Å². The van der Waals surface area contributed by atoms with E-state index in [2.05, 4.69) is 17.8 Å². The quantitative estimate of drug-likeness (QED) is 0.318. The van der Waals surface area contributed by atoms with Crippen LogP contribution in [0.15, 0.2) is 33.7 Å². The number of furan rings is 1. The number of carbonyl (C=O) groups is 2. The molecule has 1 aromatic carbocycles. The van der Waals surface area contributed by atoms with Crippen LogP contribution in [-0.4, -0.2) is 54.3 Å². The van der Waals surface area contributed by atoms with Gasteiger partial charge in [-0.25, -0.2) is 4.99 Å². The fourth-order valence-electron chi connectivity index (χ4n) is 3.60. The number of amides is 2. The van der Waals surface area contributed by atoms with E-state index in [9.17, 15) is 9.59 Å². The maximum atomic E-state index is 11.2. The summed E-state index contributed by atoms with van der Waals surface area (Å²) < 4.78 is 5.42. The third kappa shape index (κ3) is 10.1. The molecule has 0 unspecified atom stereocenters. The Morgan fingerprint density at radius 2 is 1.76 bits per heavy atom. The number of fused-ring (bicyclic) bond motifs is 1. The third-order valence-electron chi connectivity index (χ3n) is 5.22. The average Bonchev–Trinajstić information content (AvgIpc) is 3.41. The number of aliphatic imine (C=N–C) groups is 1. The van der Waals surface area contributed by atoms with E-state index in [1.165, 1.54) is 25.7 Å². The van der Waals surface area contributed by atoms with Gasteiger partial charge in [-0.2, -0.15) is 0 Å². The van der Waals surface area contributed by atoms with Crippen LogP contribution < -0.4 is 11.5 Å². The Hall–Kier alpha value is -3.47. The summed E-state index contributed by atoms with van der Waals surface area (Å²) in [6.45, 7) is 7.77. The SMILES string of the molecule is C#C.CCN1CCCCCC1=O.Cc1cc2cc(N=C(N)N)ccc2o1.O=CN1CCCC1. The summed E-state index contributed by atoms with van der Waals surface area (Å²) in [5, 5.41) is 1.00. The Balaban J connectivity index is 0.000000252. The number of aryl methyl sites for hydroxylation is 1. The van der Waals surface area contributed by atoms with Crippen molar-refractivity contribution < 1.29 is 14.0 Å². The van der Waals surface area contributed by atoms with Crippen LogP contribution in [0.3, 0.4) is 0 Å². The molecule has 2 aromatic rings. The van der Waals surface area contributed by atoms with Gasteiger partial charge in [-0.15, -0.1) is 12.8 Å². The van der Waals surface area contributed by atoms with E-state index in [-0.39, 0.29) is 5.96 Å². The predicted octanol–water partition coefficient (Wildman–Crippen LogP) is 3.54. The number of rotatable bonds is 3. The summed E-state index contributed by atoms with van der Waals surface area (Å²) in [5.41, 5.74) is 12.1. The number of hydrogen-bond acceptors (Lipinski definition) is 4. The molecule has 0 radical (unpaired) electrons. The van der Waals surface area contributed by atoms with Gasteiger partial charge in [-0.05, 0) is 63.8 Å². The van der Waals surface area contributed by atoms with Crippen LogP contribution in [0, 0.1) is 19.8 Å². The molecule has 0 saturated carbocycles. The molecular weight excluding hydrogens is 418 g/mol. The first kappa shape index (κ1) is 27.6. The molecule has 2 amide bonds. The van der Waals surface area contributed by atoms with Gasteiger partial charge < -0.3 is 25.7 Å². The topological polar surface area (TPSA) is 118 Å². The van der Waals surface area contributed by atoms with Gasteiger partial charge in [0.1, 0.15) is 11.3 Å². The van der Waals surface area contributed by atoms with Gasteiger partial charge in [0.15, 0.2) is 5.96 Å². The molecular formula is C25H37N5O3. The van der Waals surface area contributed by atoms with Crippen molar-refractivity contribution in [3.05, 3.63) is 30.0 Å². The van der Waals surface area contributed by atoms with Crippen LogP contribution in [0.4, 0.5) is 5.69 Å². The monoisotopic (exact) mass is 455 g/mol. The van der Waals surface area contributed by atoms with Crippen LogP contribution in [0.2, 0.25) is 0 Å². The molecule has 0 spiro atoms. The molecule has 4 rings (SSSR count). The van der Waals surface area contributed by atoms with Crippen LogP contribution >= 0.6 is 0 Å². The number of benzene rings is 1. The number of nitrogens with zero attached hydrogens (tertiary/aromatic N) is 3. The second kappa shape index (κ2) is 15.4. The molecule has 2 aliphatic rings. The highest BCUT2D eigenvalue weighted by molar-refractivity contribution is 5.84. The summed E-state index contributed by atoms with van der Waals surface area (Å²) >= 11 is 0. The molecule has 33 heavy (non-hydrogen) atoms. The lowest BCUT2D eigenvalue weighted by atomic mass is 10.2. The summed E-state index contributed by atoms with van der Waals surface area (Å²) in [6.07, 6.45) is 15.6. The van der Waals surface area contributed by atoms with Crippen molar-refractivity contribution in [3.63, 3.8) is 0 Å². The lowest BCUT2D eigenvalue weighted by molar-refractivity contribution is -0.130. The van der Waals surface area contributed by atoms with E-state index >= 15 is 0 Å². The molecule has 1 aromatic heterocycles. The maximum Gasteiger partial charge on any atom is 0.222 e. The smallest absolute Gasteiger partial charge is 0.222 e. The minimum atomic E-state index is 0.0598. The number of terminal acetylenes is 1. The summed E-state index contributed by atoms with van der Waals surface area (Å²) in [4.78, 5) is 28.8. The second-order valence-corrected chi connectivity index (χ2v) is 7.75. The standard InChI is InChI=1S/C10H11N3O.C8H15NO.C5H9NO.C2H2/c1-6-4-7-5-8(13-10(11)12)2-3-9(7)14-6;1-2-9-7-5-3-4-6-8(9)10;7-5-6-3-1-2-4-6;1-2/h2-5H,1H3,(H4,11,12,13);2-7H2,1H3;5H,1-4H2;1-2H. The molecule has 8 heteroatoms. The van der Waals surface area contributed by atoms with Gasteiger partial charge in [0.2, 0.25) is 12.3 Å². The van der Waals surface area contributed by atoms with Crippen LogP contribution in [0.25, 0.3) is 11.0 Å².